The Bertz CT molecular complexity index is 1950. The SMILES string of the molecule is Cc1cc2c(cnn2-c2ccc(F)cc2)cc1C12CN(S(=O)(=O)c3cnn(C)n3)CC1C2c1ccc(C(F)(F)F)cc1. The molecule has 2 aliphatic rings. The molecule has 8 nitrogen and oxygen atoms in total. The van der Waals surface area contributed by atoms with Gasteiger partial charge in [-0.2, -0.15) is 32.5 Å². The first-order valence-corrected chi connectivity index (χ1v) is 14.6. The first kappa shape index (κ1) is 26.8. The highest BCUT2D eigenvalue weighted by atomic mass is 32.2. The lowest BCUT2D eigenvalue weighted by atomic mass is 9.86. The summed E-state index contributed by atoms with van der Waals surface area (Å²) in [5, 5.41) is 13.1. The Morgan fingerprint density at radius 2 is 1.69 bits per heavy atom. The van der Waals surface area contributed by atoms with Crippen molar-refractivity contribution >= 4 is 20.9 Å². The van der Waals surface area contributed by atoms with E-state index in [9.17, 15) is 26.0 Å². The molecule has 0 bridgehead atoms. The smallest absolute Gasteiger partial charge is 0.233 e. The molecule has 0 N–H and O–H groups in total. The van der Waals surface area contributed by atoms with Crippen LogP contribution in [-0.2, 0) is 28.7 Å². The zero-order valence-corrected chi connectivity index (χ0v) is 23.2. The minimum absolute atomic E-state index is 0.140. The van der Waals surface area contributed by atoms with Crippen molar-refractivity contribution in [1.29, 1.82) is 0 Å². The van der Waals surface area contributed by atoms with Gasteiger partial charge in [-0.25, -0.2) is 17.5 Å². The molecule has 3 heterocycles. The number of sulfonamides is 1. The van der Waals surface area contributed by atoms with Crippen molar-refractivity contribution in [3.05, 3.63) is 101 Å². The summed E-state index contributed by atoms with van der Waals surface area (Å²) in [7, 11) is -2.41. The van der Waals surface area contributed by atoms with Gasteiger partial charge in [0.2, 0.25) is 5.03 Å². The molecule has 2 aromatic heterocycles. The summed E-state index contributed by atoms with van der Waals surface area (Å²) >= 11 is 0. The summed E-state index contributed by atoms with van der Waals surface area (Å²) in [4.78, 5) is 1.18. The third-order valence-electron chi connectivity index (χ3n) is 8.61. The molecule has 42 heavy (non-hydrogen) atoms. The number of benzene rings is 3. The third-order valence-corrected chi connectivity index (χ3v) is 10.3. The lowest BCUT2D eigenvalue weighted by Gasteiger charge is -2.25. The molecule has 3 aromatic carbocycles. The van der Waals surface area contributed by atoms with Gasteiger partial charge in [-0.3, -0.25) is 0 Å². The van der Waals surface area contributed by atoms with Gasteiger partial charge in [-0.1, -0.05) is 12.1 Å². The third kappa shape index (κ3) is 3.97. The van der Waals surface area contributed by atoms with Crippen molar-refractivity contribution in [3.8, 4) is 5.69 Å². The van der Waals surface area contributed by atoms with E-state index in [4.69, 9.17) is 0 Å². The minimum atomic E-state index is -4.45. The van der Waals surface area contributed by atoms with Crippen molar-refractivity contribution in [1.82, 2.24) is 29.1 Å². The van der Waals surface area contributed by atoms with E-state index in [1.54, 1.807) is 23.0 Å². The van der Waals surface area contributed by atoms with E-state index in [-0.39, 0.29) is 35.8 Å². The Balaban J connectivity index is 1.32. The van der Waals surface area contributed by atoms with Gasteiger partial charge in [-0.15, -0.1) is 5.10 Å². The van der Waals surface area contributed by atoms with E-state index in [2.05, 4.69) is 15.3 Å². The van der Waals surface area contributed by atoms with Crippen LogP contribution in [0, 0.1) is 18.7 Å². The summed E-state index contributed by atoms with van der Waals surface area (Å²) in [6.45, 7) is 2.27. The van der Waals surface area contributed by atoms with Gasteiger partial charge in [0.05, 0.1) is 29.2 Å². The molecule has 1 saturated heterocycles. The van der Waals surface area contributed by atoms with Crippen LogP contribution in [0.2, 0.25) is 0 Å². The molecule has 2 fully saturated rings. The zero-order valence-electron chi connectivity index (χ0n) is 22.4. The highest BCUT2D eigenvalue weighted by Gasteiger charge is 2.71. The van der Waals surface area contributed by atoms with Gasteiger partial charge in [0, 0.05) is 36.9 Å². The number of halogens is 4. The molecular formula is C29H24F4N6O2S. The second-order valence-corrected chi connectivity index (χ2v) is 12.9. The summed E-state index contributed by atoms with van der Waals surface area (Å²) in [6, 6.07) is 15.1. The van der Waals surface area contributed by atoms with Crippen molar-refractivity contribution in [2.45, 2.75) is 29.5 Å². The van der Waals surface area contributed by atoms with Gasteiger partial charge < -0.3 is 0 Å². The fourth-order valence-corrected chi connectivity index (χ4v) is 8.08. The molecule has 0 amide bonds. The number of hydrogen-bond donors (Lipinski definition) is 0. The standard InChI is InChI=1S/C29H24F4N6O2S/c1-17-11-25-19(13-35-39(25)22-9-7-21(30)8-10-22)12-23(17)28-16-38(42(40,41)26-14-34-37(2)36-26)15-24(28)27(28)18-3-5-20(6-4-18)29(31,32)33/h3-14,24,27H,15-16H2,1-2H3. The molecule has 1 aliphatic heterocycles. The number of nitrogens with zero attached hydrogens (tertiary/aromatic N) is 6. The van der Waals surface area contributed by atoms with Crippen LogP contribution in [0.25, 0.3) is 16.6 Å². The molecule has 216 valence electrons. The number of rotatable bonds is 5. The Hall–Kier alpha value is -4.10. The maximum absolute atomic E-state index is 13.5. The van der Waals surface area contributed by atoms with E-state index in [0.717, 1.165) is 39.7 Å². The number of hydrogen-bond acceptors (Lipinski definition) is 5. The highest BCUT2D eigenvalue weighted by molar-refractivity contribution is 7.89. The van der Waals surface area contributed by atoms with E-state index >= 15 is 0 Å². The normalized spacial score (nSPS) is 22.5. The fourth-order valence-electron chi connectivity index (χ4n) is 6.67. The van der Waals surface area contributed by atoms with Gasteiger partial charge in [0.25, 0.3) is 10.0 Å². The Labute approximate surface area is 238 Å². The summed E-state index contributed by atoms with van der Waals surface area (Å²) in [5.41, 5.74) is 2.63. The molecule has 1 aliphatic carbocycles. The molecule has 13 heteroatoms. The first-order chi connectivity index (χ1) is 19.9. The topological polar surface area (TPSA) is 85.9 Å². The first-order valence-electron chi connectivity index (χ1n) is 13.2. The molecule has 5 aromatic rings. The number of fused-ring (bicyclic) bond motifs is 2. The van der Waals surface area contributed by atoms with Gasteiger partial charge >= 0.3 is 6.18 Å². The zero-order chi connectivity index (χ0) is 29.6. The number of aromatic nitrogens is 5. The highest BCUT2D eigenvalue weighted by Crippen LogP contribution is 2.70. The quantitative estimate of drug-likeness (QED) is 0.268. The second-order valence-electron chi connectivity index (χ2n) is 11.0. The molecule has 3 atom stereocenters. The minimum Gasteiger partial charge on any atom is -0.233 e. The van der Waals surface area contributed by atoms with Crippen molar-refractivity contribution in [2.75, 3.05) is 13.1 Å². The molecule has 0 spiro atoms. The molecular weight excluding hydrogens is 572 g/mol. The van der Waals surface area contributed by atoms with Crippen LogP contribution in [0.5, 0.6) is 0 Å². The van der Waals surface area contributed by atoms with Crippen LogP contribution < -0.4 is 0 Å². The fraction of sp³-hybridized carbons (Fsp3) is 0.276. The van der Waals surface area contributed by atoms with Crippen LogP contribution in [0.15, 0.2) is 78.1 Å². The van der Waals surface area contributed by atoms with Crippen molar-refractivity contribution in [2.24, 2.45) is 13.0 Å². The summed E-state index contributed by atoms with van der Waals surface area (Å²) in [6.07, 6.45) is -1.55. The maximum Gasteiger partial charge on any atom is 0.416 e. The monoisotopic (exact) mass is 596 g/mol. The van der Waals surface area contributed by atoms with Crippen LogP contribution in [0.3, 0.4) is 0 Å². The Morgan fingerprint density at radius 1 is 0.976 bits per heavy atom. The average Bonchev–Trinajstić information content (AvgIpc) is 3.37. The largest absolute Gasteiger partial charge is 0.416 e. The van der Waals surface area contributed by atoms with Crippen LogP contribution in [0.1, 0.15) is 28.2 Å². The van der Waals surface area contributed by atoms with Crippen LogP contribution >= 0.6 is 0 Å². The predicted molar refractivity (Wildman–Crippen MR) is 145 cm³/mol. The van der Waals surface area contributed by atoms with E-state index in [1.165, 1.54) is 46.6 Å². The summed E-state index contributed by atoms with van der Waals surface area (Å²) < 4.78 is 83.5. The lowest BCUT2D eigenvalue weighted by Crippen LogP contribution is -2.35. The Morgan fingerprint density at radius 3 is 2.33 bits per heavy atom. The maximum atomic E-state index is 13.5. The number of piperidine rings is 1. The predicted octanol–water partition coefficient (Wildman–Crippen LogP) is 4.98. The van der Waals surface area contributed by atoms with Crippen LogP contribution in [-0.4, -0.2) is 50.6 Å². The average molecular weight is 597 g/mol. The van der Waals surface area contributed by atoms with Crippen molar-refractivity contribution < 1.29 is 26.0 Å². The van der Waals surface area contributed by atoms with Crippen LogP contribution in [0.4, 0.5) is 17.6 Å². The lowest BCUT2D eigenvalue weighted by molar-refractivity contribution is -0.137. The van der Waals surface area contributed by atoms with E-state index < -0.39 is 27.2 Å². The number of aryl methyl sites for hydroxylation is 2. The molecule has 7 rings (SSSR count). The second kappa shape index (κ2) is 8.95. The number of alkyl halides is 3. The van der Waals surface area contributed by atoms with Crippen molar-refractivity contribution in [3.63, 3.8) is 0 Å². The van der Waals surface area contributed by atoms with Gasteiger partial charge in [0.15, 0.2) is 0 Å². The molecule has 1 saturated carbocycles. The summed E-state index contributed by atoms with van der Waals surface area (Å²) in [5.74, 6) is -0.704. The van der Waals surface area contributed by atoms with Gasteiger partial charge in [0.1, 0.15) is 5.82 Å². The van der Waals surface area contributed by atoms with E-state index in [0.29, 0.717) is 5.69 Å². The van der Waals surface area contributed by atoms with Gasteiger partial charge in [-0.05, 0) is 78.1 Å². The van der Waals surface area contributed by atoms with E-state index in [1.807, 2.05) is 19.1 Å². The molecule has 0 radical (unpaired) electrons. The Kier molecular flexibility index (Phi) is 5.71. The molecule has 3 unspecified atom stereocenters.